The number of ether oxygens (including phenoxy) is 1. The largest absolute Gasteiger partial charge is 0.470 e. The lowest BCUT2D eigenvalue weighted by Crippen LogP contribution is -2.59. The van der Waals surface area contributed by atoms with Crippen molar-refractivity contribution in [1.82, 2.24) is 0 Å². The first-order chi connectivity index (χ1) is 11.0. The topological polar surface area (TPSA) is 214 Å². The molecule has 1 saturated heterocycles. The summed E-state index contributed by atoms with van der Waals surface area (Å²) in [5.74, 6) is -1.23. The van der Waals surface area contributed by atoms with Crippen LogP contribution in [0.2, 0.25) is 0 Å². The number of rotatable bonds is 8. The molecule has 4 unspecified atom stereocenters. The first-order valence-electron chi connectivity index (χ1n) is 6.87. The molecule has 24 heavy (non-hydrogen) atoms. The lowest BCUT2D eigenvalue weighted by molar-refractivity contribution is -0.236. The zero-order valence-corrected chi connectivity index (χ0v) is 13.2. The molecule has 1 aliphatic heterocycles. The van der Waals surface area contributed by atoms with Gasteiger partial charge < -0.3 is 45.2 Å². The Labute approximate surface area is 136 Å². The minimum absolute atomic E-state index is 0.565. The Balaban J connectivity index is 2.63. The fourth-order valence-electron chi connectivity index (χ4n) is 2.19. The smallest absolute Gasteiger partial charge is 0.394 e. The molecule has 0 amide bonds. The van der Waals surface area contributed by atoms with Crippen LogP contribution in [0.3, 0.4) is 0 Å². The van der Waals surface area contributed by atoms with E-state index < -0.39 is 76.0 Å². The summed E-state index contributed by atoms with van der Waals surface area (Å²) < 4.78 is 19.5. The van der Waals surface area contributed by atoms with Crippen LogP contribution in [-0.2, 0) is 18.6 Å². The molecule has 0 aromatic heterocycles. The van der Waals surface area contributed by atoms with E-state index in [1.54, 1.807) is 0 Å². The molecule has 8 N–H and O–H groups in total. The number of aliphatic hydroxyl groups excluding tert-OH is 6. The van der Waals surface area contributed by atoms with Crippen molar-refractivity contribution in [3.8, 4) is 0 Å². The van der Waals surface area contributed by atoms with Gasteiger partial charge in [0.05, 0.1) is 18.8 Å². The van der Waals surface area contributed by atoms with Gasteiger partial charge in [0.15, 0.2) is 5.78 Å². The standard InChI is InChI=1S/C11H21O12P/c12-2-7-10(17)11(18)9(16)6(23-7)1-4(13)8(15)5(14)3-22-24(19,20)21/h4,6-13,15-18H,1-3H2,(H2,19,20,21)/t4?,6-,7+,8?,9+,10?,11?/m0/s1. The van der Waals surface area contributed by atoms with E-state index in [2.05, 4.69) is 4.52 Å². The molecule has 0 spiro atoms. The number of ketones is 1. The van der Waals surface area contributed by atoms with Crippen molar-refractivity contribution < 1.29 is 59.0 Å². The van der Waals surface area contributed by atoms with Crippen molar-refractivity contribution in [2.45, 2.75) is 49.1 Å². The average molecular weight is 376 g/mol. The van der Waals surface area contributed by atoms with Crippen LogP contribution in [-0.4, -0.2) is 102 Å². The minimum atomic E-state index is -4.93. The number of hydrogen-bond donors (Lipinski definition) is 8. The van der Waals surface area contributed by atoms with Crippen molar-refractivity contribution in [2.75, 3.05) is 13.2 Å². The number of Topliss-reactive ketones (excluding diaryl/α,β-unsaturated/α-hetero) is 1. The highest BCUT2D eigenvalue weighted by Gasteiger charge is 2.44. The third-order valence-electron chi connectivity index (χ3n) is 3.53. The summed E-state index contributed by atoms with van der Waals surface area (Å²) in [6, 6.07) is 0. The van der Waals surface area contributed by atoms with Gasteiger partial charge in [0.1, 0.15) is 37.1 Å². The Hall–Kier alpha value is -0.500. The Bertz CT molecular complexity index is 464. The van der Waals surface area contributed by atoms with Crippen LogP contribution in [0.5, 0.6) is 0 Å². The number of carbonyl (C=O) groups is 1. The van der Waals surface area contributed by atoms with E-state index in [9.17, 15) is 34.9 Å². The second-order valence-corrected chi connectivity index (χ2v) is 6.58. The van der Waals surface area contributed by atoms with Crippen LogP contribution in [0.1, 0.15) is 6.42 Å². The number of phosphoric ester groups is 1. The van der Waals surface area contributed by atoms with Gasteiger partial charge in [-0.1, -0.05) is 0 Å². The SMILES string of the molecule is O=C(COP(=O)(O)O)C(O)C(O)C[C@@H]1O[C@H](CO)C(O)C(O)[C@@H]1O. The second-order valence-electron chi connectivity index (χ2n) is 5.35. The Morgan fingerprint density at radius 3 is 2.12 bits per heavy atom. The highest BCUT2D eigenvalue weighted by atomic mass is 31.2. The molecule has 1 heterocycles. The summed E-state index contributed by atoms with van der Waals surface area (Å²) in [7, 11) is -4.93. The Kier molecular flexibility index (Phi) is 7.84. The maximum Gasteiger partial charge on any atom is 0.470 e. The van der Waals surface area contributed by atoms with Gasteiger partial charge in [0.2, 0.25) is 0 Å². The average Bonchev–Trinajstić information content (AvgIpc) is 2.51. The van der Waals surface area contributed by atoms with Gasteiger partial charge in [-0.25, -0.2) is 4.57 Å². The van der Waals surface area contributed by atoms with Gasteiger partial charge in [0.25, 0.3) is 0 Å². The number of aliphatic hydroxyl groups is 6. The number of phosphoric acid groups is 1. The molecular weight excluding hydrogens is 355 g/mol. The fourth-order valence-corrected chi connectivity index (χ4v) is 2.48. The van der Waals surface area contributed by atoms with E-state index in [1.165, 1.54) is 0 Å². The first-order valence-corrected chi connectivity index (χ1v) is 8.40. The van der Waals surface area contributed by atoms with Crippen LogP contribution < -0.4 is 0 Å². The minimum Gasteiger partial charge on any atom is -0.394 e. The monoisotopic (exact) mass is 376 g/mol. The number of carbonyl (C=O) groups excluding carboxylic acids is 1. The van der Waals surface area contributed by atoms with Gasteiger partial charge in [-0.05, 0) is 0 Å². The molecule has 0 aromatic carbocycles. The van der Waals surface area contributed by atoms with E-state index in [0.717, 1.165) is 0 Å². The van der Waals surface area contributed by atoms with Crippen LogP contribution >= 0.6 is 7.82 Å². The molecule has 0 saturated carbocycles. The van der Waals surface area contributed by atoms with Crippen molar-refractivity contribution in [1.29, 1.82) is 0 Å². The summed E-state index contributed by atoms with van der Waals surface area (Å²) >= 11 is 0. The summed E-state index contributed by atoms with van der Waals surface area (Å²) in [4.78, 5) is 28.4. The molecular formula is C11H21O12P. The van der Waals surface area contributed by atoms with Crippen molar-refractivity contribution in [2.24, 2.45) is 0 Å². The molecule has 0 aliphatic carbocycles. The quantitative estimate of drug-likeness (QED) is 0.189. The van der Waals surface area contributed by atoms with E-state index in [1.807, 2.05) is 0 Å². The zero-order valence-electron chi connectivity index (χ0n) is 12.3. The maximum absolute atomic E-state index is 11.5. The van der Waals surface area contributed by atoms with Crippen molar-refractivity contribution in [3.05, 3.63) is 0 Å². The molecule has 0 aromatic rings. The van der Waals surface area contributed by atoms with E-state index in [-0.39, 0.29) is 0 Å². The number of hydrogen-bond acceptors (Lipinski definition) is 10. The van der Waals surface area contributed by atoms with Gasteiger partial charge in [-0.15, -0.1) is 0 Å². The predicted molar refractivity (Wildman–Crippen MR) is 73.4 cm³/mol. The van der Waals surface area contributed by atoms with E-state index >= 15 is 0 Å². The normalized spacial score (nSPS) is 33.9. The molecule has 0 radical (unpaired) electrons. The molecule has 1 rings (SSSR count). The highest BCUT2D eigenvalue weighted by Crippen LogP contribution is 2.35. The third kappa shape index (κ3) is 5.79. The van der Waals surface area contributed by atoms with E-state index in [4.69, 9.17) is 19.6 Å². The van der Waals surface area contributed by atoms with Gasteiger partial charge in [-0.3, -0.25) is 9.32 Å². The summed E-state index contributed by atoms with van der Waals surface area (Å²) in [6.45, 7) is -1.84. The highest BCUT2D eigenvalue weighted by molar-refractivity contribution is 7.46. The second kappa shape index (κ2) is 8.74. The zero-order chi connectivity index (χ0) is 18.7. The fraction of sp³-hybridized carbons (Fsp3) is 0.909. The lowest BCUT2D eigenvalue weighted by Gasteiger charge is -2.40. The molecule has 12 nitrogen and oxygen atoms in total. The van der Waals surface area contributed by atoms with Crippen LogP contribution in [0.4, 0.5) is 0 Å². The molecule has 142 valence electrons. The summed E-state index contributed by atoms with van der Waals surface area (Å²) in [5, 5.41) is 57.4. The molecule has 7 atom stereocenters. The molecule has 1 aliphatic rings. The molecule has 13 heteroatoms. The van der Waals surface area contributed by atoms with Crippen molar-refractivity contribution >= 4 is 13.6 Å². The molecule has 1 fully saturated rings. The van der Waals surface area contributed by atoms with Gasteiger partial charge in [0, 0.05) is 6.42 Å². The molecule has 0 bridgehead atoms. The van der Waals surface area contributed by atoms with Crippen molar-refractivity contribution in [3.63, 3.8) is 0 Å². The van der Waals surface area contributed by atoms with Crippen LogP contribution in [0, 0.1) is 0 Å². The summed E-state index contributed by atoms with van der Waals surface area (Å²) in [6.07, 6.45) is -12.0. The van der Waals surface area contributed by atoms with Gasteiger partial charge >= 0.3 is 7.82 Å². The Morgan fingerprint density at radius 1 is 1.08 bits per heavy atom. The van der Waals surface area contributed by atoms with E-state index in [0.29, 0.717) is 0 Å². The van der Waals surface area contributed by atoms with Crippen LogP contribution in [0.15, 0.2) is 0 Å². The summed E-state index contributed by atoms with van der Waals surface area (Å²) in [5.41, 5.74) is 0. The van der Waals surface area contributed by atoms with Crippen LogP contribution in [0.25, 0.3) is 0 Å². The maximum atomic E-state index is 11.5. The predicted octanol–water partition coefficient (Wildman–Crippen LogP) is -4.38. The lowest BCUT2D eigenvalue weighted by atomic mass is 9.91. The first kappa shape index (κ1) is 21.5. The van der Waals surface area contributed by atoms with Gasteiger partial charge in [-0.2, -0.15) is 0 Å². The Morgan fingerprint density at radius 2 is 1.62 bits per heavy atom. The third-order valence-corrected chi connectivity index (χ3v) is 4.00.